The number of carbonyl (C=O) groups is 1. The lowest BCUT2D eigenvalue weighted by atomic mass is 10.1. The van der Waals surface area contributed by atoms with Gasteiger partial charge in [-0.3, -0.25) is 15.1 Å². The summed E-state index contributed by atoms with van der Waals surface area (Å²) < 4.78 is 5.12. The highest BCUT2D eigenvalue weighted by Gasteiger charge is 2.27. The van der Waals surface area contributed by atoms with Crippen LogP contribution in [0.1, 0.15) is 40.0 Å². The number of rotatable bonds is 9. The van der Waals surface area contributed by atoms with E-state index in [1.54, 1.807) is 7.11 Å². The van der Waals surface area contributed by atoms with Crippen molar-refractivity contribution in [2.24, 2.45) is 5.84 Å². The average molecular weight is 245 g/mol. The summed E-state index contributed by atoms with van der Waals surface area (Å²) in [6, 6.07) is 0.0468. The molecule has 2 unspecified atom stereocenters. The van der Waals surface area contributed by atoms with Crippen LogP contribution in [0.2, 0.25) is 0 Å². The first-order valence-electron chi connectivity index (χ1n) is 6.37. The Labute approximate surface area is 105 Å². The van der Waals surface area contributed by atoms with E-state index in [0.29, 0.717) is 12.6 Å². The maximum Gasteiger partial charge on any atom is 0.253 e. The summed E-state index contributed by atoms with van der Waals surface area (Å²) >= 11 is 0. The molecule has 0 aromatic carbocycles. The number of hydrazine groups is 1. The molecule has 0 aromatic heterocycles. The lowest BCUT2D eigenvalue weighted by Gasteiger charge is -2.34. The van der Waals surface area contributed by atoms with Crippen molar-refractivity contribution in [1.82, 2.24) is 10.3 Å². The topological polar surface area (TPSA) is 67.6 Å². The SMILES string of the molecule is CCCCN(C(C)CC)C(COC)C(=O)NN. The summed E-state index contributed by atoms with van der Waals surface area (Å²) in [7, 11) is 1.60. The third kappa shape index (κ3) is 5.48. The summed E-state index contributed by atoms with van der Waals surface area (Å²) in [6.07, 6.45) is 3.18. The highest BCUT2D eigenvalue weighted by molar-refractivity contribution is 5.81. The second kappa shape index (κ2) is 9.39. The number of nitrogens with zero attached hydrogens (tertiary/aromatic N) is 1. The highest BCUT2D eigenvalue weighted by Crippen LogP contribution is 2.11. The quantitative estimate of drug-likeness (QED) is 0.360. The number of ether oxygens (including phenoxy) is 1. The zero-order valence-corrected chi connectivity index (χ0v) is 11.5. The molecule has 5 heteroatoms. The van der Waals surface area contributed by atoms with Crippen LogP contribution in [-0.2, 0) is 9.53 Å². The maximum atomic E-state index is 11.8. The summed E-state index contributed by atoms with van der Waals surface area (Å²) in [5, 5.41) is 0. The van der Waals surface area contributed by atoms with Crippen LogP contribution in [-0.4, -0.2) is 43.2 Å². The molecule has 0 saturated carbocycles. The number of hydrogen-bond acceptors (Lipinski definition) is 4. The van der Waals surface area contributed by atoms with Gasteiger partial charge in [0.05, 0.1) is 6.61 Å². The predicted octanol–water partition coefficient (Wildman–Crippen LogP) is 0.892. The number of carbonyl (C=O) groups excluding carboxylic acids is 1. The van der Waals surface area contributed by atoms with E-state index >= 15 is 0 Å². The Kier molecular flexibility index (Phi) is 9.03. The molecule has 0 fully saturated rings. The van der Waals surface area contributed by atoms with E-state index in [0.717, 1.165) is 25.8 Å². The van der Waals surface area contributed by atoms with Crippen LogP contribution in [0, 0.1) is 0 Å². The van der Waals surface area contributed by atoms with Gasteiger partial charge in [0.25, 0.3) is 5.91 Å². The van der Waals surface area contributed by atoms with Gasteiger partial charge in [-0.1, -0.05) is 20.3 Å². The van der Waals surface area contributed by atoms with Gasteiger partial charge in [-0.15, -0.1) is 0 Å². The van der Waals surface area contributed by atoms with Crippen molar-refractivity contribution in [2.45, 2.75) is 52.1 Å². The molecule has 0 saturated heterocycles. The van der Waals surface area contributed by atoms with Gasteiger partial charge in [-0.05, 0) is 26.3 Å². The minimum Gasteiger partial charge on any atom is -0.383 e. The first-order chi connectivity index (χ1) is 8.12. The number of hydrogen-bond donors (Lipinski definition) is 2. The van der Waals surface area contributed by atoms with Crippen molar-refractivity contribution >= 4 is 5.91 Å². The van der Waals surface area contributed by atoms with Crippen molar-refractivity contribution in [2.75, 3.05) is 20.3 Å². The standard InChI is InChI=1S/C12H27N3O2/c1-5-7-8-15(10(3)6-2)11(9-17-4)12(16)14-13/h10-11H,5-9,13H2,1-4H3,(H,14,16). The number of nitrogens with one attached hydrogen (secondary N) is 1. The molecular formula is C12H27N3O2. The number of unbranched alkanes of at least 4 members (excludes halogenated alkanes) is 1. The fraction of sp³-hybridized carbons (Fsp3) is 0.917. The van der Waals surface area contributed by atoms with Crippen LogP contribution >= 0.6 is 0 Å². The van der Waals surface area contributed by atoms with Crippen LogP contribution in [0.15, 0.2) is 0 Å². The van der Waals surface area contributed by atoms with Crippen molar-refractivity contribution in [3.05, 3.63) is 0 Å². The highest BCUT2D eigenvalue weighted by atomic mass is 16.5. The molecular weight excluding hydrogens is 218 g/mol. The van der Waals surface area contributed by atoms with Crippen LogP contribution in [0.25, 0.3) is 0 Å². The van der Waals surface area contributed by atoms with Crippen molar-refractivity contribution in [1.29, 1.82) is 0 Å². The van der Waals surface area contributed by atoms with Crippen LogP contribution < -0.4 is 11.3 Å². The van der Waals surface area contributed by atoms with Gasteiger partial charge in [0.1, 0.15) is 6.04 Å². The molecule has 102 valence electrons. The first-order valence-corrected chi connectivity index (χ1v) is 6.37. The Morgan fingerprint density at radius 2 is 2.12 bits per heavy atom. The number of nitrogens with two attached hydrogens (primary N) is 1. The fourth-order valence-electron chi connectivity index (χ4n) is 1.83. The van der Waals surface area contributed by atoms with E-state index in [-0.39, 0.29) is 11.9 Å². The van der Waals surface area contributed by atoms with Crippen molar-refractivity contribution in [3.8, 4) is 0 Å². The normalized spacial score (nSPS) is 14.7. The van der Waals surface area contributed by atoms with E-state index in [4.69, 9.17) is 10.6 Å². The molecule has 0 radical (unpaired) electrons. The lowest BCUT2D eigenvalue weighted by molar-refractivity contribution is -0.129. The molecule has 0 aliphatic rings. The fourth-order valence-corrected chi connectivity index (χ4v) is 1.83. The Balaban J connectivity index is 4.72. The van der Waals surface area contributed by atoms with E-state index in [9.17, 15) is 4.79 Å². The Morgan fingerprint density at radius 1 is 1.47 bits per heavy atom. The van der Waals surface area contributed by atoms with Crippen LogP contribution in [0.3, 0.4) is 0 Å². The summed E-state index contributed by atoms with van der Waals surface area (Å²) in [5.41, 5.74) is 2.23. The second-order valence-electron chi connectivity index (χ2n) is 4.33. The zero-order chi connectivity index (χ0) is 13.3. The molecule has 0 aliphatic heterocycles. The van der Waals surface area contributed by atoms with Crippen LogP contribution in [0.5, 0.6) is 0 Å². The van der Waals surface area contributed by atoms with E-state index in [2.05, 4.69) is 31.1 Å². The molecule has 0 aliphatic carbocycles. The van der Waals surface area contributed by atoms with E-state index in [1.807, 2.05) is 0 Å². The molecule has 0 spiro atoms. The Hall–Kier alpha value is -0.650. The minimum atomic E-state index is -0.300. The van der Waals surface area contributed by atoms with E-state index < -0.39 is 0 Å². The summed E-state index contributed by atoms with van der Waals surface area (Å²) in [6.45, 7) is 7.66. The number of amides is 1. The summed E-state index contributed by atoms with van der Waals surface area (Å²) in [4.78, 5) is 13.9. The Bertz CT molecular complexity index is 212. The van der Waals surface area contributed by atoms with Gasteiger partial charge >= 0.3 is 0 Å². The largest absolute Gasteiger partial charge is 0.383 e. The number of methoxy groups -OCH3 is 1. The first kappa shape index (κ1) is 16.4. The second-order valence-corrected chi connectivity index (χ2v) is 4.33. The molecule has 0 rings (SSSR count). The smallest absolute Gasteiger partial charge is 0.253 e. The monoisotopic (exact) mass is 245 g/mol. The van der Waals surface area contributed by atoms with Crippen LogP contribution in [0.4, 0.5) is 0 Å². The molecule has 0 bridgehead atoms. The van der Waals surface area contributed by atoms with Crippen molar-refractivity contribution < 1.29 is 9.53 Å². The molecule has 0 heterocycles. The minimum absolute atomic E-state index is 0.178. The van der Waals surface area contributed by atoms with E-state index in [1.165, 1.54) is 0 Å². The van der Waals surface area contributed by atoms with Gasteiger partial charge in [-0.2, -0.15) is 0 Å². The summed E-state index contributed by atoms with van der Waals surface area (Å²) in [5.74, 6) is 5.05. The predicted molar refractivity (Wildman–Crippen MR) is 69.4 cm³/mol. The van der Waals surface area contributed by atoms with Gasteiger partial charge < -0.3 is 4.74 Å². The average Bonchev–Trinajstić information content (AvgIpc) is 2.36. The molecule has 1 amide bonds. The lowest BCUT2D eigenvalue weighted by Crippen LogP contribution is -2.54. The zero-order valence-electron chi connectivity index (χ0n) is 11.5. The van der Waals surface area contributed by atoms with Gasteiger partial charge in [0, 0.05) is 13.2 Å². The molecule has 5 nitrogen and oxygen atoms in total. The van der Waals surface area contributed by atoms with Gasteiger partial charge in [0.15, 0.2) is 0 Å². The van der Waals surface area contributed by atoms with Gasteiger partial charge in [0.2, 0.25) is 0 Å². The third-order valence-electron chi connectivity index (χ3n) is 3.10. The molecule has 0 aromatic rings. The van der Waals surface area contributed by atoms with Gasteiger partial charge in [-0.25, -0.2) is 5.84 Å². The molecule has 3 N–H and O–H groups in total. The third-order valence-corrected chi connectivity index (χ3v) is 3.10. The molecule has 17 heavy (non-hydrogen) atoms. The molecule has 2 atom stereocenters. The maximum absolute atomic E-state index is 11.8. The van der Waals surface area contributed by atoms with Crippen molar-refractivity contribution in [3.63, 3.8) is 0 Å². The Morgan fingerprint density at radius 3 is 2.53 bits per heavy atom.